The van der Waals surface area contributed by atoms with E-state index in [1.807, 2.05) is 12.1 Å². The predicted molar refractivity (Wildman–Crippen MR) is 88.6 cm³/mol. The first-order chi connectivity index (χ1) is 12.0. The maximum Gasteiger partial charge on any atom is 0.416 e. The summed E-state index contributed by atoms with van der Waals surface area (Å²) in [4.78, 5) is 0. The van der Waals surface area contributed by atoms with E-state index >= 15 is 0 Å². The third-order valence-electron chi connectivity index (χ3n) is 4.04. The van der Waals surface area contributed by atoms with Gasteiger partial charge in [0.25, 0.3) is 0 Å². The van der Waals surface area contributed by atoms with Gasteiger partial charge in [0.05, 0.1) is 12.2 Å². The molecule has 3 rings (SSSR count). The highest BCUT2D eigenvalue weighted by atomic mass is 19.4. The smallest absolute Gasteiger partial charge is 0.416 e. The Morgan fingerprint density at radius 2 is 1.84 bits per heavy atom. The summed E-state index contributed by atoms with van der Waals surface area (Å²) in [7, 11) is 0. The average Bonchev–Trinajstić information content (AvgIpc) is 2.59. The third-order valence-corrected chi connectivity index (χ3v) is 4.04. The number of alkyl halides is 3. The molecule has 0 aromatic heterocycles. The summed E-state index contributed by atoms with van der Waals surface area (Å²) in [5.74, 6) is 2.00. The van der Waals surface area contributed by atoms with Crippen molar-refractivity contribution >= 4 is 0 Å². The van der Waals surface area contributed by atoms with E-state index in [0.29, 0.717) is 24.0 Å². The van der Waals surface area contributed by atoms with Gasteiger partial charge >= 0.3 is 6.18 Å². The van der Waals surface area contributed by atoms with Gasteiger partial charge in [-0.3, -0.25) is 0 Å². The molecule has 0 amide bonds. The van der Waals surface area contributed by atoms with E-state index in [1.54, 1.807) is 12.1 Å². The molecule has 0 bridgehead atoms. The van der Waals surface area contributed by atoms with Crippen molar-refractivity contribution in [1.82, 2.24) is 0 Å². The van der Waals surface area contributed by atoms with Gasteiger partial charge < -0.3 is 15.2 Å². The summed E-state index contributed by atoms with van der Waals surface area (Å²) >= 11 is 0. The van der Waals surface area contributed by atoms with E-state index in [0.717, 1.165) is 36.3 Å². The first kappa shape index (κ1) is 17.2. The topological polar surface area (TPSA) is 44.5 Å². The van der Waals surface area contributed by atoms with Crippen LogP contribution in [0.1, 0.15) is 17.5 Å². The molecule has 0 fully saturated rings. The summed E-state index contributed by atoms with van der Waals surface area (Å²) in [6.07, 6.45) is 0.853. The van der Waals surface area contributed by atoms with Gasteiger partial charge in [0.15, 0.2) is 0 Å². The molecule has 1 aliphatic heterocycles. The number of ether oxygens (including phenoxy) is 2. The molecule has 132 valence electrons. The number of halogens is 3. The van der Waals surface area contributed by atoms with Crippen LogP contribution in [-0.2, 0) is 12.6 Å². The lowest BCUT2D eigenvalue weighted by Crippen LogP contribution is -2.20. The van der Waals surface area contributed by atoms with E-state index in [1.165, 1.54) is 18.3 Å². The minimum absolute atomic E-state index is 0.342. The molecule has 0 saturated heterocycles. The molecule has 1 unspecified atom stereocenters. The lowest BCUT2D eigenvalue weighted by atomic mass is 9.94. The molecule has 2 N–H and O–H groups in total. The summed E-state index contributed by atoms with van der Waals surface area (Å²) in [5.41, 5.74) is 5.75. The molecule has 25 heavy (non-hydrogen) atoms. The highest BCUT2D eigenvalue weighted by molar-refractivity contribution is 5.44. The fourth-order valence-corrected chi connectivity index (χ4v) is 2.75. The quantitative estimate of drug-likeness (QED) is 0.853. The van der Waals surface area contributed by atoms with Crippen molar-refractivity contribution < 1.29 is 22.6 Å². The van der Waals surface area contributed by atoms with Gasteiger partial charge in [-0.2, -0.15) is 13.2 Å². The second kappa shape index (κ2) is 7.09. The van der Waals surface area contributed by atoms with Crippen LogP contribution in [0.2, 0.25) is 0 Å². The molecule has 3 nitrogen and oxygen atoms in total. The van der Waals surface area contributed by atoms with Crippen LogP contribution in [0.4, 0.5) is 13.2 Å². The molecule has 0 radical (unpaired) electrons. The molecular formula is C19H18F3NO2. The second-order valence-corrected chi connectivity index (χ2v) is 5.94. The SMILES string of the molecule is NC=CCC1COc2cc(Oc3ccc(C(F)(F)F)cc3)ccc2C1. The Morgan fingerprint density at radius 1 is 1.12 bits per heavy atom. The summed E-state index contributed by atoms with van der Waals surface area (Å²) in [6, 6.07) is 10.1. The molecule has 1 atom stereocenters. The van der Waals surface area contributed by atoms with Gasteiger partial charge in [0, 0.05) is 12.0 Å². The highest BCUT2D eigenvalue weighted by Gasteiger charge is 2.30. The average molecular weight is 349 g/mol. The number of rotatable bonds is 4. The number of fused-ring (bicyclic) bond motifs is 1. The maximum absolute atomic E-state index is 12.6. The Labute approximate surface area is 143 Å². The van der Waals surface area contributed by atoms with Crippen LogP contribution in [-0.4, -0.2) is 6.61 Å². The van der Waals surface area contributed by atoms with Crippen molar-refractivity contribution in [1.29, 1.82) is 0 Å². The van der Waals surface area contributed by atoms with Crippen LogP contribution in [0.5, 0.6) is 17.2 Å². The Balaban J connectivity index is 1.69. The van der Waals surface area contributed by atoms with Gasteiger partial charge in [-0.1, -0.05) is 12.1 Å². The minimum atomic E-state index is -4.35. The molecule has 0 aliphatic carbocycles. The highest BCUT2D eigenvalue weighted by Crippen LogP contribution is 2.35. The first-order valence-corrected chi connectivity index (χ1v) is 7.93. The molecule has 2 aromatic carbocycles. The number of nitrogens with two attached hydrogens (primary N) is 1. The second-order valence-electron chi connectivity index (χ2n) is 5.94. The molecule has 0 saturated carbocycles. The Hall–Kier alpha value is -2.63. The third kappa shape index (κ3) is 4.26. The Morgan fingerprint density at radius 3 is 2.52 bits per heavy atom. The first-order valence-electron chi connectivity index (χ1n) is 7.93. The van der Waals surface area contributed by atoms with Gasteiger partial charge in [-0.25, -0.2) is 0 Å². The lowest BCUT2D eigenvalue weighted by Gasteiger charge is -2.25. The number of hydrogen-bond donors (Lipinski definition) is 1. The largest absolute Gasteiger partial charge is 0.493 e. The van der Waals surface area contributed by atoms with Crippen molar-refractivity contribution in [2.45, 2.75) is 19.0 Å². The molecular weight excluding hydrogens is 331 g/mol. The number of benzene rings is 2. The van der Waals surface area contributed by atoms with Gasteiger partial charge in [-0.05, 0) is 54.9 Å². The van der Waals surface area contributed by atoms with Crippen molar-refractivity contribution in [3.63, 3.8) is 0 Å². The van der Waals surface area contributed by atoms with Gasteiger partial charge in [0.2, 0.25) is 0 Å². The summed E-state index contributed by atoms with van der Waals surface area (Å²) in [5, 5.41) is 0. The Bertz CT molecular complexity index is 754. The summed E-state index contributed by atoms with van der Waals surface area (Å²) in [6.45, 7) is 0.598. The zero-order valence-electron chi connectivity index (χ0n) is 13.4. The molecule has 6 heteroatoms. The van der Waals surface area contributed by atoms with E-state index in [4.69, 9.17) is 15.2 Å². The van der Waals surface area contributed by atoms with E-state index in [2.05, 4.69) is 0 Å². The zero-order valence-corrected chi connectivity index (χ0v) is 13.4. The lowest BCUT2D eigenvalue weighted by molar-refractivity contribution is -0.137. The molecule has 2 aromatic rings. The number of allylic oxidation sites excluding steroid dienone is 1. The van der Waals surface area contributed by atoms with Crippen LogP contribution < -0.4 is 15.2 Å². The normalized spacial score (nSPS) is 17.2. The predicted octanol–water partition coefficient (Wildman–Crippen LogP) is 4.91. The van der Waals surface area contributed by atoms with Crippen molar-refractivity contribution in [3.8, 4) is 17.2 Å². The van der Waals surface area contributed by atoms with Crippen LogP contribution in [0.3, 0.4) is 0 Å². The molecule has 1 aliphatic rings. The summed E-state index contributed by atoms with van der Waals surface area (Å²) < 4.78 is 49.1. The monoisotopic (exact) mass is 349 g/mol. The van der Waals surface area contributed by atoms with Crippen molar-refractivity contribution in [2.24, 2.45) is 11.7 Å². The van der Waals surface area contributed by atoms with E-state index in [9.17, 15) is 13.2 Å². The molecule has 1 heterocycles. The Kier molecular flexibility index (Phi) is 4.88. The van der Waals surface area contributed by atoms with E-state index in [-0.39, 0.29) is 0 Å². The van der Waals surface area contributed by atoms with E-state index < -0.39 is 11.7 Å². The van der Waals surface area contributed by atoms with Crippen LogP contribution in [0, 0.1) is 5.92 Å². The molecule has 0 spiro atoms. The number of hydrogen-bond acceptors (Lipinski definition) is 3. The minimum Gasteiger partial charge on any atom is -0.493 e. The van der Waals surface area contributed by atoms with Crippen LogP contribution >= 0.6 is 0 Å². The zero-order chi connectivity index (χ0) is 17.9. The van der Waals surface area contributed by atoms with Crippen molar-refractivity contribution in [2.75, 3.05) is 6.61 Å². The standard InChI is InChI=1S/C19H18F3NO2/c20-19(21,22)15-4-7-16(8-5-15)25-17-6-3-14-10-13(2-1-9-23)12-24-18(14)11-17/h1,3-9,11,13H,2,10,12,23H2. The maximum atomic E-state index is 12.6. The van der Waals surface area contributed by atoms with Gasteiger partial charge in [-0.15, -0.1) is 0 Å². The van der Waals surface area contributed by atoms with Crippen LogP contribution in [0.25, 0.3) is 0 Å². The fourth-order valence-electron chi connectivity index (χ4n) is 2.75. The van der Waals surface area contributed by atoms with Crippen molar-refractivity contribution in [3.05, 3.63) is 65.9 Å². The fraction of sp³-hybridized carbons (Fsp3) is 0.263. The van der Waals surface area contributed by atoms with Crippen LogP contribution in [0.15, 0.2) is 54.7 Å². The van der Waals surface area contributed by atoms with Gasteiger partial charge in [0.1, 0.15) is 17.2 Å².